The Morgan fingerprint density at radius 2 is 1.33 bits per heavy atom. The number of nitrogens with zero attached hydrogens (tertiary/aromatic N) is 2. The second kappa shape index (κ2) is 12.7. The van der Waals surface area contributed by atoms with Crippen molar-refractivity contribution in [2.45, 2.75) is 68.0 Å². The molecule has 0 bridgehead atoms. The first-order valence-corrected chi connectivity index (χ1v) is 18.7. The van der Waals surface area contributed by atoms with E-state index in [2.05, 4.69) is 0 Å². The summed E-state index contributed by atoms with van der Waals surface area (Å²) in [7, 11) is -8.19. The molecule has 6 rings (SSSR count). The van der Waals surface area contributed by atoms with E-state index in [1.165, 1.54) is 8.61 Å². The Kier molecular flexibility index (Phi) is 8.99. The Bertz CT molecular complexity index is 1960. The Morgan fingerprint density at radius 1 is 0.739 bits per heavy atom. The van der Waals surface area contributed by atoms with Crippen molar-refractivity contribution in [3.05, 3.63) is 130 Å². The van der Waals surface area contributed by atoms with Gasteiger partial charge in [0.1, 0.15) is 5.78 Å². The van der Waals surface area contributed by atoms with E-state index < -0.39 is 44.1 Å². The third-order valence-corrected chi connectivity index (χ3v) is 13.4. The minimum absolute atomic E-state index is 0.0963. The van der Waals surface area contributed by atoms with Crippen LogP contribution in [0.3, 0.4) is 0 Å². The van der Waals surface area contributed by atoms with Crippen LogP contribution in [-0.2, 0) is 31.3 Å². The Hall–Kier alpha value is -3.34. The van der Waals surface area contributed by atoms with Crippen molar-refractivity contribution < 1.29 is 21.6 Å². The summed E-state index contributed by atoms with van der Waals surface area (Å²) in [5.41, 5.74) is 4.31. The molecule has 2 aliphatic rings. The normalized spacial score (nSPS) is 22.8. The quantitative estimate of drug-likeness (QED) is 0.209. The number of rotatable bonds is 7. The van der Waals surface area contributed by atoms with Crippen LogP contribution in [0, 0.1) is 19.8 Å². The van der Waals surface area contributed by atoms with Gasteiger partial charge in [-0.2, -0.15) is 8.61 Å². The van der Waals surface area contributed by atoms with Crippen LogP contribution < -0.4 is 0 Å². The fourth-order valence-electron chi connectivity index (χ4n) is 6.76. The molecule has 2 saturated heterocycles. The summed E-state index contributed by atoms with van der Waals surface area (Å²) in [5, 5.41) is 0.438. The zero-order valence-corrected chi connectivity index (χ0v) is 28.4. The molecule has 2 fully saturated rings. The number of carbonyl (C=O) groups is 1. The fourth-order valence-corrected chi connectivity index (χ4v) is 10.5. The summed E-state index contributed by atoms with van der Waals surface area (Å²) in [5.74, 6) is -1.03. The summed E-state index contributed by atoms with van der Waals surface area (Å²) in [6, 6.07) is 25.8. The van der Waals surface area contributed by atoms with Crippen LogP contribution in [0.2, 0.25) is 5.02 Å². The van der Waals surface area contributed by atoms with Crippen molar-refractivity contribution in [3.63, 3.8) is 0 Å². The summed E-state index contributed by atoms with van der Waals surface area (Å²) in [6.07, 6.45) is 0.829. The standard InChI is InChI=1S/C36H37ClN2O5S2/c1-4-26-12-14-27(15-13-26)33-21-35-32(23-38(33)45(41,42)30-16-8-24(2)9-17-30)36(40)22-34(28-6-5-7-29(37)20-28)39(35)46(43,44)31-18-10-25(3)11-19-31/h5-20,32-35H,4,21-23H2,1-3H3/t32-,33?,34+,35+/m1/s1. The van der Waals surface area contributed by atoms with E-state index in [1.807, 2.05) is 45.0 Å². The van der Waals surface area contributed by atoms with E-state index >= 15 is 0 Å². The molecule has 4 aromatic rings. The second-order valence-electron chi connectivity index (χ2n) is 12.3. The highest BCUT2D eigenvalue weighted by Crippen LogP contribution is 2.48. The zero-order valence-electron chi connectivity index (χ0n) is 26.0. The topological polar surface area (TPSA) is 91.8 Å². The molecule has 7 nitrogen and oxygen atoms in total. The average molecular weight is 677 g/mol. The first-order valence-electron chi connectivity index (χ1n) is 15.5. The number of piperidine rings is 2. The number of hydrogen-bond acceptors (Lipinski definition) is 5. The van der Waals surface area contributed by atoms with Crippen LogP contribution in [0.15, 0.2) is 107 Å². The zero-order chi connectivity index (χ0) is 32.8. The molecule has 2 heterocycles. The third-order valence-electron chi connectivity index (χ3n) is 9.33. The van der Waals surface area contributed by atoms with Gasteiger partial charge >= 0.3 is 0 Å². The van der Waals surface area contributed by atoms with Crippen molar-refractivity contribution in [1.82, 2.24) is 8.61 Å². The highest BCUT2D eigenvalue weighted by molar-refractivity contribution is 7.89. The van der Waals surface area contributed by atoms with Gasteiger partial charge in [0.2, 0.25) is 20.0 Å². The van der Waals surface area contributed by atoms with Crippen molar-refractivity contribution in [2.24, 2.45) is 5.92 Å². The molecule has 46 heavy (non-hydrogen) atoms. The molecular weight excluding hydrogens is 640 g/mol. The van der Waals surface area contributed by atoms with Crippen LogP contribution in [0.5, 0.6) is 0 Å². The Morgan fingerprint density at radius 3 is 1.89 bits per heavy atom. The molecule has 0 radical (unpaired) electrons. The molecule has 0 aliphatic carbocycles. The number of aryl methyl sites for hydroxylation is 3. The maximum absolute atomic E-state index is 14.6. The van der Waals surface area contributed by atoms with E-state index in [-0.39, 0.29) is 35.0 Å². The van der Waals surface area contributed by atoms with Crippen LogP contribution in [0.25, 0.3) is 0 Å². The molecule has 4 aromatic carbocycles. The number of Topliss-reactive ketones (excluding diaryl/α,β-unsaturated/α-hetero) is 1. The van der Waals surface area contributed by atoms with Crippen LogP contribution in [-0.4, -0.2) is 43.8 Å². The van der Waals surface area contributed by atoms with Gasteiger partial charge in [0.25, 0.3) is 0 Å². The van der Waals surface area contributed by atoms with Crippen LogP contribution in [0.4, 0.5) is 0 Å². The third kappa shape index (κ3) is 6.07. The molecule has 0 N–H and O–H groups in total. The number of halogens is 1. The van der Waals surface area contributed by atoms with Gasteiger partial charge in [0, 0.05) is 29.9 Å². The van der Waals surface area contributed by atoms with Crippen LogP contribution in [0.1, 0.15) is 59.7 Å². The van der Waals surface area contributed by atoms with E-state index in [0.717, 1.165) is 28.7 Å². The average Bonchev–Trinajstić information content (AvgIpc) is 3.04. The lowest BCUT2D eigenvalue weighted by molar-refractivity contribution is -0.132. The molecule has 0 amide bonds. The summed E-state index contributed by atoms with van der Waals surface area (Å²) >= 11 is 6.37. The minimum Gasteiger partial charge on any atom is -0.299 e. The maximum Gasteiger partial charge on any atom is 0.243 e. The van der Waals surface area contributed by atoms with Gasteiger partial charge < -0.3 is 0 Å². The summed E-state index contributed by atoms with van der Waals surface area (Å²) < 4.78 is 60.8. The number of benzene rings is 4. The molecule has 10 heteroatoms. The number of hydrogen-bond donors (Lipinski definition) is 0. The van der Waals surface area contributed by atoms with Gasteiger partial charge in [-0.1, -0.05) is 90.3 Å². The first kappa shape index (κ1) is 32.6. The predicted octanol–water partition coefficient (Wildman–Crippen LogP) is 7.04. The molecule has 0 spiro atoms. The van der Waals surface area contributed by atoms with Gasteiger partial charge in [0.05, 0.1) is 21.9 Å². The van der Waals surface area contributed by atoms with Gasteiger partial charge in [0.15, 0.2) is 0 Å². The smallest absolute Gasteiger partial charge is 0.243 e. The molecule has 0 aromatic heterocycles. The Labute approximate surface area is 276 Å². The SMILES string of the molecule is CCc1ccc(C2C[C@H]3[C@@H](CN2S(=O)(=O)c2ccc(C)cc2)C(=O)C[C@@H](c2cccc(Cl)c2)N3S(=O)(=O)c2ccc(C)cc2)cc1. The van der Waals surface area contributed by atoms with Crippen molar-refractivity contribution in [3.8, 4) is 0 Å². The van der Waals surface area contributed by atoms with Gasteiger partial charge in [-0.25, -0.2) is 16.8 Å². The lowest BCUT2D eigenvalue weighted by Crippen LogP contribution is -2.60. The molecule has 240 valence electrons. The second-order valence-corrected chi connectivity index (χ2v) is 16.5. The molecule has 1 unspecified atom stereocenters. The lowest BCUT2D eigenvalue weighted by Gasteiger charge is -2.51. The van der Waals surface area contributed by atoms with E-state index in [1.54, 1.807) is 72.8 Å². The molecule has 2 aliphatic heterocycles. The fraction of sp³-hybridized carbons (Fsp3) is 0.306. The molecule has 0 saturated carbocycles. The largest absolute Gasteiger partial charge is 0.299 e. The van der Waals surface area contributed by atoms with Crippen molar-refractivity contribution in [2.75, 3.05) is 6.54 Å². The Balaban J connectivity index is 1.51. The number of sulfonamides is 2. The van der Waals surface area contributed by atoms with Crippen molar-refractivity contribution in [1.29, 1.82) is 0 Å². The number of fused-ring (bicyclic) bond motifs is 1. The summed E-state index contributed by atoms with van der Waals surface area (Å²) in [6.45, 7) is 5.69. The minimum atomic E-state index is -4.14. The van der Waals surface area contributed by atoms with Crippen LogP contribution >= 0.6 is 11.6 Å². The molecular formula is C36H37ClN2O5S2. The highest BCUT2D eigenvalue weighted by atomic mass is 35.5. The van der Waals surface area contributed by atoms with Gasteiger partial charge in [-0.3, -0.25) is 4.79 Å². The van der Waals surface area contributed by atoms with E-state index in [0.29, 0.717) is 10.6 Å². The van der Waals surface area contributed by atoms with E-state index in [9.17, 15) is 21.6 Å². The maximum atomic E-state index is 14.6. The highest BCUT2D eigenvalue weighted by Gasteiger charge is 2.54. The summed E-state index contributed by atoms with van der Waals surface area (Å²) in [4.78, 5) is 14.3. The van der Waals surface area contributed by atoms with E-state index in [4.69, 9.17) is 11.6 Å². The lowest BCUT2D eigenvalue weighted by atomic mass is 9.77. The molecule has 4 atom stereocenters. The van der Waals surface area contributed by atoms with Gasteiger partial charge in [-0.15, -0.1) is 0 Å². The van der Waals surface area contributed by atoms with Crippen molar-refractivity contribution >= 4 is 37.4 Å². The predicted molar refractivity (Wildman–Crippen MR) is 180 cm³/mol. The monoisotopic (exact) mass is 676 g/mol. The number of ketones is 1. The van der Waals surface area contributed by atoms with Gasteiger partial charge in [-0.05, 0) is 79.8 Å². The number of carbonyl (C=O) groups excluding carboxylic acids is 1. The first-order chi connectivity index (χ1) is 21.9.